The Bertz CT molecular complexity index is 1470. The van der Waals surface area contributed by atoms with Crippen molar-refractivity contribution in [3.05, 3.63) is 64.1 Å². The zero-order chi connectivity index (χ0) is 29.7. The standard InChI is InChI=1S/C22H23N5O4.C8H16N2O/c28-19-24-16-4-2-1-3-15(16)22(26-19)8-11-27(12-9-22)20(29)23-10-7-14-5-6-17-18(13-14)31-21(30)25-17;1-8(2)10-5-3-9(7-11)4-6-10/h1-6,13H,7-12H2,(H,23,29)(H,25,30)(H2,24,26,28);7-8H,3-6H2,1-2H3. The van der Waals surface area contributed by atoms with E-state index in [-0.39, 0.29) is 12.1 Å². The number of piperidine rings is 1. The van der Waals surface area contributed by atoms with Crippen molar-refractivity contribution in [1.82, 2.24) is 30.3 Å². The highest BCUT2D eigenvalue weighted by Crippen LogP contribution is 2.39. The molecule has 3 aromatic rings. The minimum absolute atomic E-state index is 0.113. The van der Waals surface area contributed by atoms with Crippen LogP contribution in [-0.4, -0.2) is 90.0 Å². The second-order valence-electron chi connectivity index (χ2n) is 11.3. The fourth-order valence-corrected chi connectivity index (χ4v) is 5.86. The molecule has 6 rings (SSSR count). The van der Waals surface area contributed by atoms with Crippen molar-refractivity contribution in [1.29, 1.82) is 0 Å². The number of amides is 5. The molecule has 0 radical (unpaired) electrons. The van der Waals surface area contributed by atoms with Crippen LogP contribution in [0.2, 0.25) is 0 Å². The molecule has 224 valence electrons. The minimum atomic E-state index is -0.476. The summed E-state index contributed by atoms with van der Waals surface area (Å²) in [7, 11) is 0. The Labute approximate surface area is 244 Å². The molecule has 0 bridgehead atoms. The van der Waals surface area contributed by atoms with Gasteiger partial charge in [0, 0.05) is 63.1 Å². The molecule has 2 fully saturated rings. The zero-order valence-electron chi connectivity index (χ0n) is 24.2. The predicted octanol–water partition coefficient (Wildman–Crippen LogP) is 2.67. The largest absolute Gasteiger partial charge is 0.417 e. The Balaban J connectivity index is 0.000000271. The van der Waals surface area contributed by atoms with Gasteiger partial charge in [0.15, 0.2) is 5.58 Å². The lowest BCUT2D eigenvalue weighted by Crippen LogP contribution is -2.58. The quantitative estimate of drug-likeness (QED) is 0.344. The third kappa shape index (κ3) is 6.59. The van der Waals surface area contributed by atoms with E-state index in [1.54, 1.807) is 17.0 Å². The highest BCUT2D eigenvalue weighted by atomic mass is 16.4. The number of likely N-dealkylation sites (tertiary alicyclic amines) is 1. The number of aromatic amines is 1. The van der Waals surface area contributed by atoms with Crippen LogP contribution in [-0.2, 0) is 16.8 Å². The molecule has 0 aliphatic carbocycles. The van der Waals surface area contributed by atoms with Crippen molar-refractivity contribution in [2.75, 3.05) is 51.1 Å². The first-order valence-corrected chi connectivity index (χ1v) is 14.5. The average Bonchev–Trinajstić information content (AvgIpc) is 3.37. The average molecular weight is 578 g/mol. The maximum Gasteiger partial charge on any atom is 0.417 e. The van der Waals surface area contributed by atoms with Gasteiger partial charge in [0.1, 0.15) is 0 Å². The maximum absolute atomic E-state index is 12.6. The highest BCUT2D eigenvalue weighted by Gasteiger charge is 2.42. The van der Waals surface area contributed by atoms with Crippen molar-refractivity contribution in [3.8, 4) is 0 Å². The molecule has 1 spiro atoms. The van der Waals surface area contributed by atoms with Crippen LogP contribution in [0.5, 0.6) is 0 Å². The fraction of sp³-hybridized carbons (Fsp3) is 0.467. The van der Waals surface area contributed by atoms with E-state index in [0.717, 1.165) is 49.4 Å². The summed E-state index contributed by atoms with van der Waals surface area (Å²) in [6.07, 6.45) is 2.89. The normalized spacial score (nSPS) is 18.1. The van der Waals surface area contributed by atoms with Crippen LogP contribution >= 0.6 is 0 Å². The van der Waals surface area contributed by atoms with E-state index >= 15 is 0 Å². The summed E-state index contributed by atoms with van der Waals surface area (Å²) in [5, 5.41) is 8.90. The number of carbonyl (C=O) groups is 3. The van der Waals surface area contributed by atoms with Gasteiger partial charge in [-0.3, -0.25) is 14.7 Å². The summed E-state index contributed by atoms with van der Waals surface area (Å²) < 4.78 is 5.08. The molecule has 5 amide bonds. The number of fused-ring (bicyclic) bond motifs is 3. The number of anilines is 1. The number of hydrogen-bond donors (Lipinski definition) is 4. The van der Waals surface area contributed by atoms with Crippen LogP contribution in [0.4, 0.5) is 15.3 Å². The molecule has 0 saturated carbocycles. The lowest BCUT2D eigenvalue weighted by Gasteiger charge is -2.45. The molecule has 12 nitrogen and oxygen atoms in total. The van der Waals surface area contributed by atoms with Crippen molar-refractivity contribution in [2.45, 2.75) is 44.7 Å². The van der Waals surface area contributed by atoms with Crippen molar-refractivity contribution in [3.63, 3.8) is 0 Å². The second kappa shape index (κ2) is 12.7. The first-order chi connectivity index (χ1) is 20.3. The third-order valence-corrected chi connectivity index (χ3v) is 8.35. The van der Waals surface area contributed by atoms with Crippen molar-refractivity contribution >= 4 is 35.3 Å². The molecule has 42 heavy (non-hydrogen) atoms. The molecule has 12 heteroatoms. The molecule has 0 atom stereocenters. The summed E-state index contributed by atoms with van der Waals surface area (Å²) in [5.74, 6) is -0.476. The second-order valence-corrected chi connectivity index (χ2v) is 11.3. The number of oxazole rings is 1. The van der Waals surface area contributed by atoms with Crippen LogP contribution in [0.1, 0.15) is 37.8 Å². The van der Waals surface area contributed by atoms with E-state index in [0.29, 0.717) is 56.0 Å². The van der Waals surface area contributed by atoms with E-state index in [4.69, 9.17) is 4.42 Å². The van der Waals surface area contributed by atoms with Gasteiger partial charge in [-0.2, -0.15) is 0 Å². The number of aromatic nitrogens is 1. The van der Waals surface area contributed by atoms with Gasteiger partial charge >= 0.3 is 17.8 Å². The molecule has 1 aromatic heterocycles. The summed E-state index contributed by atoms with van der Waals surface area (Å²) in [6, 6.07) is 13.6. The molecule has 2 saturated heterocycles. The smallest absolute Gasteiger partial charge is 0.408 e. The van der Waals surface area contributed by atoms with Crippen LogP contribution in [0.3, 0.4) is 0 Å². The molecular formula is C30H39N7O5. The SMILES string of the molecule is CC(C)N1CCN(C=O)CC1.O=C1Nc2ccccc2C2(CCN(C(=O)NCCc3ccc4[nH]c(=O)oc4c3)CC2)N1. The topological polar surface area (TPSA) is 143 Å². The number of piperazine rings is 1. The fourth-order valence-electron chi connectivity index (χ4n) is 5.86. The van der Waals surface area contributed by atoms with Gasteiger partial charge in [-0.25, -0.2) is 14.4 Å². The first-order valence-electron chi connectivity index (χ1n) is 14.5. The number of nitrogens with one attached hydrogen (secondary N) is 4. The number of hydrogen-bond acceptors (Lipinski definition) is 6. The maximum atomic E-state index is 12.6. The summed E-state index contributed by atoms with van der Waals surface area (Å²) in [4.78, 5) is 55.0. The third-order valence-electron chi connectivity index (χ3n) is 8.35. The number of urea groups is 2. The van der Waals surface area contributed by atoms with E-state index in [1.807, 2.05) is 35.2 Å². The number of rotatable bonds is 5. The number of H-pyrrole nitrogens is 1. The van der Waals surface area contributed by atoms with Gasteiger partial charge in [-0.1, -0.05) is 24.3 Å². The minimum Gasteiger partial charge on any atom is -0.408 e. The van der Waals surface area contributed by atoms with Crippen LogP contribution in [0, 0.1) is 0 Å². The molecular weight excluding hydrogens is 538 g/mol. The van der Waals surface area contributed by atoms with Gasteiger partial charge in [0.25, 0.3) is 0 Å². The van der Waals surface area contributed by atoms with E-state index in [1.165, 1.54) is 0 Å². The van der Waals surface area contributed by atoms with Gasteiger partial charge in [0.2, 0.25) is 6.41 Å². The van der Waals surface area contributed by atoms with E-state index < -0.39 is 11.3 Å². The van der Waals surface area contributed by atoms with E-state index in [9.17, 15) is 19.2 Å². The Morgan fingerprint density at radius 3 is 2.50 bits per heavy atom. The van der Waals surface area contributed by atoms with Crippen LogP contribution in [0.25, 0.3) is 11.1 Å². The Hall–Kier alpha value is -4.32. The number of carbonyl (C=O) groups excluding carboxylic acids is 3. The van der Waals surface area contributed by atoms with Crippen molar-refractivity contribution < 1.29 is 18.8 Å². The molecule has 4 heterocycles. The Kier molecular flexibility index (Phi) is 8.81. The molecule has 3 aliphatic heterocycles. The Morgan fingerprint density at radius 1 is 1.05 bits per heavy atom. The summed E-state index contributed by atoms with van der Waals surface area (Å²) >= 11 is 0. The lowest BCUT2D eigenvalue weighted by atomic mass is 9.79. The molecule has 3 aliphatic rings. The summed E-state index contributed by atoms with van der Waals surface area (Å²) in [6.45, 7) is 9.80. The lowest BCUT2D eigenvalue weighted by molar-refractivity contribution is -0.119. The monoisotopic (exact) mass is 577 g/mol. The van der Waals surface area contributed by atoms with Crippen LogP contribution in [0.15, 0.2) is 51.7 Å². The highest BCUT2D eigenvalue weighted by molar-refractivity contribution is 5.93. The van der Waals surface area contributed by atoms with Crippen LogP contribution < -0.4 is 21.7 Å². The molecule has 0 unspecified atom stereocenters. The number of nitrogens with zero attached hydrogens (tertiary/aromatic N) is 3. The number of benzene rings is 2. The van der Waals surface area contributed by atoms with Gasteiger partial charge in [-0.15, -0.1) is 0 Å². The summed E-state index contributed by atoms with van der Waals surface area (Å²) in [5.41, 5.74) is 3.61. The van der Waals surface area contributed by atoms with Crippen molar-refractivity contribution in [2.24, 2.45) is 0 Å². The van der Waals surface area contributed by atoms with E-state index in [2.05, 4.69) is 39.7 Å². The number of para-hydroxylation sites is 1. The van der Waals surface area contributed by atoms with Gasteiger partial charge < -0.3 is 30.2 Å². The predicted molar refractivity (Wildman–Crippen MR) is 159 cm³/mol. The van der Waals surface area contributed by atoms with Gasteiger partial charge in [0.05, 0.1) is 11.1 Å². The van der Waals surface area contributed by atoms with Gasteiger partial charge in [-0.05, 0) is 56.9 Å². The first kappa shape index (κ1) is 29.2. The molecule has 4 N–H and O–H groups in total. The molecule has 2 aromatic carbocycles. The zero-order valence-corrected chi connectivity index (χ0v) is 24.2. The Morgan fingerprint density at radius 2 is 1.79 bits per heavy atom.